The second kappa shape index (κ2) is 5.65. The van der Waals surface area contributed by atoms with Gasteiger partial charge in [0.25, 0.3) is 0 Å². The minimum atomic E-state index is 0.566. The Morgan fingerprint density at radius 2 is 2.13 bits per heavy atom. The molecule has 0 spiro atoms. The number of fused-ring (bicyclic) bond motifs is 2. The summed E-state index contributed by atoms with van der Waals surface area (Å²) in [6, 6.07) is 14.8. The second-order valence-electron chi connectivity index (χ2n) is 5.85. The molecule has 0 atom stereocenters. The van der Waals surface area contributed by atoms with Crippen LogP contribution < -0.4 is 5.73 Å². The standard InChI is InChI=1S/C18H16N4S/c19-9-16-17(20)14-8-13-11-22(10-12-4-2-1-3-5-12)7-6-15(13)21-18(14)23-16/h1-5,8H,6-7,10-11,20H2. The van der Waals surface area contributed by atoms with Crippen molar-refractivity contribution in [3.05, 3.63) is 58.1 Å². The highest BCUT2D eigenvalue weighted by Gasteiger charge is 2.20. The maximum absolute atomic E-state index is 9.14. The maximum Gasteiger partial charge on any atom is 0.130 e. The SMILES string of the molecule is N#Cc1sc2nc3c(cc2c1N)CN(Cc1ccccc1)CC3. The van der Waals surface area contributed by atoms with Crippen molar-refractivity contribution in [3.8, 4) is 6.07 Å². The fourth-order valence-corrected chi connectivity index (χ4v) is 4.01. The van der Waals surface area contributed by atoms with Gasteiger partial charge in [-0.25, -0.2) is 4.98 Å². The maximum atomic E-state index is 9.14. The molecule has 0 radical (unpaired) electrons. The Labute approximate surface area is 138 Å². The number of rotatable bonds is 2. The number of hydrogen-bond acceptors (Lipinski definition) is 5. The third kappa shape index (κ3) is 2.56. The van der Waals surface area contributed by atoms with Crippen molar-refractivity contribution in [2.45, 2.75) is 19.5 Å². The average molecular weight is 320 g/mol. The highest BCUT2D eigenvalue weighted by molar-refractivity contribution is 7.19. The minimum absolute atomic E-state index is 0.566. The molecule has 4 rings (SSSR count). The molecule has 4 nitrogen and oxygen atoms in total. The molecule has 23 heavy (non-hydrogen) atoms. The van der Waals surface area contributed by atoms with E-state index >= 15 is 0 Å². The van der Waals surface area contributed by atoms with Crippen LogP contribution in [-0.2, 0) is 19.5 Å². The van der Waals surface area contributed by atoms with Crippen LogP contribution in [0.3, 0.4) is 0 Å². The normalized spacial score (nSPS) is 14.6. The Morgan fingerprint density at radius 1 is 1.30 bits per heavy atom. The summed E-state index contributed by atoms with van der Waals surface area (Å²) in [5.41, 5.74) is 10.3. The van der Waals surface area contributed by atoms with Crippen molar-refractivity contribution >= 4 is 27.2 Å². The summed E-state index contributed by atoms with van der Waals surface area (Å²) in [6.45, 7) is 2.83. The lowest BCUT2D eigenvalue weighted by Crippen LogP contribution is -2.30. The van der Waals surface area contributed by atoms with Crippen molar-refractivity contribution in [1.82, 2.24) is 9.88 Å². The first-order valence-corrected chi connectivity index (χ1v) is 8.43. The first kappa shape index (κ1) is 14.2. The van der Waals surface area contributed by atoms with Gasteiger partial charge in [0.1, 0.15) is 15.8 Å². The molecule has 1 aliphatic rings. The Bertz CT molecular complexity index is 908. The molecule has 0 amide bonds. The number of nitrogen functional groups attached to an aromatic ring is 1. The quantitative estimate of drug-likeness (QED) is 0.786. The van der Waals surface area contributed by atoms with E-state index in [4.69, 9.17) is 16.0 Å². The van der Waals surface area contributed by atoms with E-state index in [1.54, 1.807) is 0 Å². The van der Waals surface area contributed by atoms with Gasteiger partial charge in [0.15, 0.2) is 0 Å². The fraction of sp³-hybridized carbons (Fsp3) is 0.222. The molecule has 5 heteroatoms. The number of benzene rings is 1. The topological polar surface area (TPSA) is 65.9 Å². The molecule has 2 N–H and O–H groups in total. The van der Waals surface area contributed by atoms with Gasteiger partial charge in [-0.2, -0.15) is 5.26 Å². The fourth-order valence-electron chi connectivity index (χ4n) is 3.12. The lowest BCUT2D eigenvalue weighted by molar-refractivity contribution is 0.244. The number of hydrogen-bond donors (Lipinski definition) is 1. The zero-order valence-corrected chi connectivity index (χ0v) is 13.4. The van der Waals surface area contributed by atoms with Gasteiger partial charge in [-0.05, 0) is 17.2 Å². The van der Waals surface area contributed by atoms with Crippen LogP contribution >= 0.6 is 11.3 Å². The molecule has 114 valence electrons. The average Bonchev–Trinajstić information content (AvgIpc) is 2.89. The van der Waals surface area contributed by atoms with E-state index in [1.807, 2.05) is 6.07 Å². The number of pyridine rings is 1. The van der Waals surface area contributed by atoms with E-state index in [0.717, 1.165) is 42.0 Å². The molecule has 3 heterocycles. The van der Waals surface area contributed by atoms with Gasteiger partial charge >= 0.3 is 0 Å². The lowest BCUT2D eigenvalue weighted by atomic mass is 10.0. The summed E-state index contributed by atoms with van der Waals surface area (Å²) >= 11 is 1.39. The first-order valence-electron chi connectivity index (χ1n) is 7.62. The number of nitriles is 1. The van der Waals surface area contributed by atoms with Crippen molar-refractivity contribution in [2.75, 3.05) is 12.3 Å². The Balaban J connectivity index is 1.65. The van der Waals surface area contributed by atoms with Crippen LogP contribution in [0, 0.1) is 11.3 Å². The molecule has 2 aromatic heterocycles. The summed E-state index contributed by atoms with van der Waals surface area (Å²) in [7, 11) is 0. The minimum Gasteiger partial charge on any atom is -0.396 e. The van der Waals surface area contributed by atoms with Crippen LogP contribution in [-0.4, -0.2) is 16.4 Å². The predicted octanol–water partition coefficient (Wildman–Crippen LogP) is 3.31. The van der Waals surface area contributed by atoms with Crippen LogP contribution in [0.5, 0.6) is 0 Å². The molecule has 3 aromatic rings. The molecule has 0 aliphatic carbocycles. The zero-order chi connectivity index (χ0) is 15.8. The van der Waals surface area contributed by atoms with E-state index in [1.165, 1.54) is 22.5 Å². The largest absolute Gasteiger partial charge is 0.396 e. The van der Waals surface area contributed by atoms with Crippen molar-refractivity contribution < 1.29 is 0 Å². The van der Waals surface area contributed by atoms with E-state index in [0.29, 0.717) is 10.6 Å². The van der Waals surface area contributed by atoms with Crippen molar-refractivity contribution in [1.29, 1.82) is 5.26 Å². The number of nitrogens with two attached hydrogens (primary N) is 1. The third-order valence-corrected chi connectivity index (χ3v) is 5.32. The molecule has 0 unspecified atom stereocenters. The summed E-state index contributed by atoms with van der Waals surface area (Å²) < 4.78 is 0. The molecule has 1 aromatic carbocycles. The summed E-state index contributed by atoms with van der Waals surface area (Å²) in [6.07, 6.45) is 0.942. The van der Waals surface area contributed by atoms with Gasteiger partial charge in [0.05, 0.1) is 5.69 Å². The van der Waals surface area contributed by atoms with Gasteiger partial charge in [0.2, 0.25) is 0 Å². The zero-order valence-electron chi connectivity index (χ0n) is 12.6. The molecule has 1 aliphatic heterocycles. The summed E-state index contributed by atoms with van der Waals surface area (Å²) in [5.74, 6) is 0. The van der Waals surface area contributed by atoms with Crippen molar-refractivity contribution in [3.63, 3.8) is 0 Å². The summed E-state index contributed by atoms with van der Waals surface area (Å²) in [5, 5.41) is 10.1. The summed E-state index contributed by atoms with van der Waals surface area (Å²) in [4.78, 5) is 8.63. The van der Waals surface area contributed by atoms with Crippen LogP contribution in [0.1, 0.15) is 21.7 Å². The molecule has 0 saturated carbocycles. The molecular formula is C18H16N4S. The number of aromatic nitrogens is 1. The van der Waals surface area contributed by atoms with E-state index < -0.39 is 0 Å². The molecule has 0 saturated heterocycles. The predicted molar refractivity (Wildman–Crippen MR) is 93.0 cm³/mol. The van der Waals surface area contributed by atoms with Crippen LogP contribution in [0.15, 0.2) is 36.4 Å². The van der Waals surface area contributed by atoms with E-state index in [2.05, 4.69) is 41.3 Å². The smallest absolute Gasteiger partial charge is 0.130 e. The second-order valence-corrected chi connectivity index (χ2v) is 6.85. The van der Waals surface area contributed by atoms with Crippen LogP contribution in [0.4, 0.5) is 5.69 Å². The number of thiophene rings is 1. The van der Waals surface area contributed by atoms with E-state index in [-0.39, 0.29) is 0 Å². The van der Waals surface area contributed by atoms with Gasteiger partial charge in [-0.3, -0.25) is 4.90 Å². The molecule has 0 bridgehead atoms. The Morgan fingerprint density at radius 3 is 2.91 bits per heavy atom. The molecule has 0 fully saturated rings. The number of anilines is 1. The lowest BCUT2D eigenvalue weighted by Gasteiger charge is -2.28. The van der Waals surface area contributed by atoms with Crippen LogP contribution in [0.2, 0.25) is 0 Å². The number of nitrogens with zero attached hydrogens (tertiary/aromatic N) is 3. The van der Waals surface area contributed by atoms with Gasteiger partial charge in [0, 0.05) is 37.1 Å². The van der Waals surface area contributed by atoms with Gasteiger partial charge < -0.3 is 5.73 Å². The van der Waals surface area contributed by atoms with Crippen LogP contribution in [0.25, 0.3) is 10.2 Å². The van der Waals surface area contributed by atoms with Gasteiger partial charge in [-0.1, -0.05) is 30.3 Å². The Hall–Kier alpha value is -2.42. The molecular weight excluding hydrogens is 304 g/mol. The van der Waals surface area contributed by atoms with E-state index in [9.17, 15) is 0 Å². The monoisotopic (exact) mass is 320 g/mol. The third-order valence-electron chi connectivity index (χ3n) is 4.30. The highest BCUT2D eigenvalue weighted by atomic mass is 32.1. The first-order chi connectivity index (χ1) is 11.2. The Kier molecular flexibility index (Phi) is 3.49. The highest BCUT2D eigenvalue weighted by Crippen LogP contribution is 2.34. The van der Waals surface area contributed by atoms with Gasteiger partial charge in [-0.15, -0.1) is 11.3 Å². The van der Waals surface area contributed by atoms with Crippen molar-refractivity contribution in [2.24, 2.45) is 0 Å².